The second kappa shape index (κ2) is 4.97. The van der Waals surface area contributed by atoms with Crippen molar-refractivity contribution in [2.45, 2.75) is 58.5 Å². The molecule has 1 aliphatic rings. The van der Waals surface area contributed by atoms with Crippen LogP contribution in [-0.2, 0) is 9.53 Å². The van der Waals surface area contributed by atoms with Gasteiger partial charge in [-0.2, -0.15) is 0 Å². The lowest BCUT2D eigenvalue weighted by Crippen LogP contribution is -2.47. The minimum atomic E-state index is -0.141. The van der Waals surface area contributed by atoms with E-state index in [1.165, 1.54) is 26.4 Å². The van der Waals surface area contributed by atoms with Crippen LogP contribution >= 0.6 is 0 Å². The van der Waals surface area contributed by atoms with Crippen molar-refractivity contribution in [1.29, 1.82) is 0 Å². The molecular weight excluding hydrogens is 190 g/mol. The molecule has 0 aromatic carbocycles. The van der Waals surface area contributed by atoms with E-state index in [-0.39, 0.29) is 12.0 Å². The Hall–Kier alpha value is -0.570. The summed E-state index contributed by atoms with van der Waals surface area (Å²) in [6, 6.07) is 0.305. The molecule has 88 valence electrons. The van der Waals surface area contributed by atoms with Crippen molar-refractivity contribution in [2.24, 2.45) is 5.41 Å². The summed E-state index contributed by atoms with van der Waals surface area (Å²) in [5.41, 5.74) is 0.307. The third-order valence-corrected chi connectivity index (χ3v) is 3.55. The Morgan fingerprint density at radius 2 is 2.27 bits per heavy atom. The Morgan fingerprint density at radius 1 is 1.60 bits per heavy atom. The summed E-state index contributed by atoms with van der Waals surface area (Å²) in [5, 5.41) is 3.43. The first kappa shape index (κ1) is 12.5. The van der Waals surface area contributed by atoms with Crippen LogP contribution in [0.3, 0.4) is 0 Å². The summed E-state index contributed by atoms with van der Waals surface area (Å²) in [6.07, 6.45) is 4.45. The molecule has 0 heterocycles. The van der Waals surface area contributed by atoms with Crippen LogP contribution in [0.1, 0.15) is 46.5 Å². The van der Waals surface area contributed by atoms with Crippen LogP contribution in [0.2, 0.25) is 0 Å². The van der Waals surface area contributed by atoms with E-state index in [4.69, 9.17) is 4.74 Å². The Balaban J connectivity index is 2.55. The number of ether oxygens (including phenoxy) is 1. The highest BCUT2D eigenvalue weighted by molar-refractivity contribution is 5.75. The standard InChI is InChI=1S/C12H23NO2/c1-5-9(11(14)15-4)13-10-7-6-8-12(10,2)3/h9-10,13H,5-8H2,1-4H3. The average Bonchev–Trinajstić information content (AvgIpc) is 2.53. The first-order chi connectivity index (χ1) is 7.01. The lowest BCUT2D eigenvalue weighted by atomic mass is 9.87. The fraction of sp³-hybridized carbons (Fsp3) is 0.917. The molecule has 0 aromatic rings. The quantitative estimate of drug-likeness (QED) is 0.727. The maximum Gasteiger partial charge on any atom is 0.322 e. The second-order valence-corrected chi connectivity index (χ2v) is 5.08. The van der Waals surface area contributed by atoms with E-state index in [1.807, 2.05) is 6.92 Å². The van der Waals surface area contributed by atoms with Crippen LogP contribution < -0.4 is 5.32 Å². The SMILES string of the molecule is CCC(NC1CCCC1(C)C)C(=O)OC. The molecule has 0 bridgehead atoms. The molecule has 3 nitrogen and oxygen atoms in total. The molecule has 0 radical (unpaired) electrons. The molecule has 1 N–H and O–H groups in total. The van der Waals surface area contributed by atoms with Crippen molar-refractivity contribution in [3.63, 3.8) is 0 Å². The summed E-state index contributed by atoms with van der Waals surface area (Å²) in [4.78, 5) is 11.5. The molecular formula is C12H23NO2. The van der Waals surface area contributed by atoms with Gasteiger partial charge < -0.3 is 10.1 Å². The smallest absolute Gasteiger partial charge is 0.322 e. The number of carbonyl (C=O) groups is 1. The van der Waals surface area contributed by atoms with Crippen molar-refractivity contribution in [2.75, 3.05) is 7.11 Å². The molecule has 0 aromatic heterocycles. The van der Waals surface area contributed by atoms with Crippen LogP contribution in [-0.4, -0.2) is 25.2 Å². The van der Waals surface area contributed by atoms with Gasteiger partial charge in [-0.15, -0.1) is 0 Å². The predicted octanol–water partition coefficient (Wildman–Crippen LogP) is 2.11. The Bertz CT molecular complexity index is 226. The number of esters is 1. The van der Waals surface area contributed by atoms with Gasteiger partial charge in [0.15, 0.2) is 0 Å². The van der Waals surface area contributed by atoms with Crippen molar-refractivity contribution in [3.05, 3.63) is 0 Å². The number of carbonyl (C=O) groups excluding carboxylic acids is 1. The van der Waals surface area contributed by atoms with E-state index in [0.29, 0.717) is 11.5 Å². The number of rotatable bonds is 4. The number of hydrogen-bond donors (Lipinski definition) is 1. The normalized spacial score (nSPS) is 26.3. The van der Waals surface area contributed by atoms with Gasteiger partial charge in [0.1, 0.15) is 6.04 Å². The number of nitrogens with one attached hydrogen (secondary N) is 1. The fourth-order valence-corrected chi connectivity index (χ4v) is 2.37. The lowest BCUT2D eigenvalue weighted by molar-refractivity contribution is -0.143. The average molecular weight is 213 g/mol. The first-order valence-corrected chi connectivity index (χ1v) is 5.85. The lowest BCUT2D eigenvalue weighted by Gasteiger charge is -2.30. The first-order valence-electron chi connectivity index (χ1n) is 5.85. The molecule has 0 amide bonds. The molecule has 2 unspecified atom stereocenters. The molecule has 2 atom stereocenters. The zero-order chi connectivity index (χ0) is 11.5. The van der Waals surface area contributed by atoms with Gasteiger partial charge in [0.2, 0.25) is 0 Å². The van der Waals surface area contributed by atoms with Crippen molar-refractivity contribution >= 4 is 5.97 Å². The molecule has 1 saturated carbocycles. The predicted molar refractivity (Wildman–Crippen MR) is 60.7 cm³/mol. The van der Waals surface area contributed by atoms with Crippen LogP contribution in [0.15, 0.2) is 0 Å². The van der Waals surface area contributed by atoms with E-state index in [2.05, 4.69) is 19.2 Å². The molecule has 15 heavy (non-hydrogen) atoms. The largest absolute Gasteiger partial charge is 0.468 e. The zero-order valence-electron chi connectivity index (χ0n) is 10.3. The maximum absolute atomic E-state index is 11.5. The van der Waals surface area contributed by atoms with Crippen molar-refractivity contribution < 1.29 is 9.53 Å². The van der Waals surface area contributed by atoms with Gasteiger partial charge in [0, 0.05) is 6.04 Å². The summed E-state index contributed by atoms with van der Waals surface area (Å²) in [5.74, 6) is -0.139. The highest BCUT2D eigenvalue weighted by atomic mass is 16.5. The zero-order valence-corrected chi connectivity index (χ0v) is 10.3. The molecule has 0 saturated heterocycles. The highest BCUT2D eigenvalue weighted by Gasteiger charge is 2.36. The minimum Gasteiger partial charge on any atom is -0.468 e. The summed E-state index contributed by atoms with van der Waals surface area (Å²) < 4.78 is 4.78. The number of methoxy groups -OCH3 is 1. The van der Waals surface area contributed by atoms with E-state index < -0.39 is 0 Å². The summed E-state index contributed by atoms with van der Waals surface area (Å²) >= 11 is 0. The topological polar surface area (TPSA) is 38.3 Å². The molecule has 1 rings (SSSR count). The van der Waals surface area contributed by atoms with Crippen LogP contribution in [0.4, 0.5) is 0 Å². The van der Waals surface area contributed by atoms with Gasteiger partial charge >= 0.3 is 5.97 Å². The summed E-state index contributed by atoms with van der Waals surface area (Å²) in [7, 11) is 1.45. The van der Waals surface area contributed by atoms with Gasteiger partial charge in [-0.05, 0) is 24.7 Å². The molecule has 1 fully saturated rings. The third kappa shape index (κ3) is 2.94. The third-order valence-electron chi connectivity index (χ3n) is 3.55. The number of hydrogen-bond acceptors (Lipinski definition) is 3. The molecule has 0 aliphatic heterocycles. The fourth-order valence-electron chi connectivity index (χ4n) is 2.37. The van der Waals surface area contributed by atoms with Gasteiger partial charge in [-0.3, -0.25) is 4.79 Å². The van der Waals surface area contributed by atoms with Crippen LogP contribution in [0.25, 0.3) is 0 Å². The van der Waals surface area contributed by atoms with E-state index >= 15 is 0 Å². The molecule has 0 spiro atoms. The maximum atomic E-state index is 11.5. The monoisotopic (exact) mass is 213 g/mol. The minimum absolute atomic E-state index is 0.139. The van der Waals surface area contributed by atoms with E-state index in [1.54, 1.807) is 0 Å². The van der Waals surface area contributed by atoms with Crippen LogP contribution in [0.5, 0.6) is 0 Å². The van der Waals surface area contributed by atoms with Gasteiger partial charge in [0.05, 0.1) is 7.11 Å². The van der Waals surface area contributed by atoms with Gasteiger partial charge in [-0.25, -0.2) is 0 Å². The van der Waals surface area contributed by atoms with Gasteiger partial charge in [0.25, 0.3) is 0 Å². The van der Waals surface area contributed by atoms with Crippen molar-refractivity contribution in [1.82, 2.24) is 5.32 Å². The van der Waals surface area contributed by atoms with E-state index in [0.717, 1.165) is 6.42 Å². The van der Waals surface area contributed by atoms with E-state index in [9.17, 15) is 4.79 Å². The second-order valence-electron chi connectivity index (χ2n) is 5.08. The van der Waals surface area contributed by atoms with Crippen molar-refractivity contribution in [3.8, 4) is 0 Å². The molecule has 3 heteroatoms. The Kier molecular flexibility index (Phi) is 4.14. The Labute approximate surface area is 92.6 Å². The Morgan fingerprint density at radius 3 is 2.67 bits per heavy atom. The summed E-state index contributed by atoms with van der Waals surface area (Å²) in [6.45, 7) is 6.54. The molecule has 1 aliphatic carbocycles. The van der Waals surface area contributed by atoms with Gasteiger partial charge in [-0.1, -0.05) is 27.2 Å². The van der Waals surface area contributed by atoms with Crippen LogP contribution in [0, 0.1) is 5.41 Å². The highest BCUT2D eigenvalue weighted by Crippen LogP contribution is 2.37.